The molecule has 0 atom stereocenters. The third kappa shape index (κ3) is 2.70. The minimum Gasteiger partial charge on any atom is -0.351 e. The fourth-order valence-electron chi connectivity index (χ4n) is 2.11. The summed E-state index contributed by atoms with van der Waals surface area (Å²) in [6, 6.07) is 9.90. The van der Waals surface area contributed by atoms with Crippen LogP contribution < -0.4 is 5.32 Å². The maximum Gasteiger partial charge on any atom is 0.257 e. The van der Waals surface area contributed by atoms with E-state index in [4.69, 9.17) is 0 Å². The number of benzene rings is 1. The second kappa shape index (κ2) is 5.31. The van der Waals surface area contributed by atoms with Crippen LogP contribution in [-0.2, 0) is 13.5 Å². The molecule has 19 heavy (non-hydrogen) atoms. The van der Waals surface area contributed by atoms with Crippen molar-refractivity contribution in [2.75, 3.05) is 5.32 Å². The molecule has 1 aromatic carbocycles. The fraction of sp³-hybridized carbons (Fsp3) is 0.312. The lowest BCUT2D eigenvalue weighted by Gasteiger charge is -2.06. The van der Waals surface area contributed by atoms with Gasteiger partial charge in [-0.2, -0.15) is 0 Å². The summed E-state index contributed by atoms with van der Waals surface area (Å²) in [5.74, 6) is -0.0505. The van der Waals surface area contributed by atoms with E-state index < -0.39 is 0 Å². The van der Waals surface area contributed by atoms with Gasteiger partial charge in [0.25, 0.3) is 5.91 Å². The van der Waals surface area contributed by atoms with Crippen molar-refractivity contribution >= 4 is 11.6 Å². The van der Waals surface area contributed by atoms with Crippen LogP contribution in [0.3, 0.4) is 0 Å². The van der Waals surface area contributed by atoms with Gasteiger partial charge in [0.2, 0.25) is 0 Å². The Morgan fingerprint density at radius 2 is 1.84 bits per heavy atom. The lowest BCUT2D eigenvalue weighted by molar-refractivity contribution is 0.102. The van der Waals surface area contributed by atoms with Crippen LogP contribution in [0.15, 0.2) is 30.3 Å². The third-order valence-corrected chi connectivity index (χ3v) is 3.64. The summed E-state index contributed by atoms with van der Waals surface area (Å²) < 4.78 is 2.02. The highest BCUT2D eigenvalue weighted by atomic mass is 16.1. The number of anilines is 1. The zero-order valence-corrected chi connectivity index (χ0v) is 11.9. The Morgan fingerprint density at radius 1 is 1.21 bits per heavy atom. The van der Waals surface area contributed by atoms with Crippen molar-refractivity contribution < 1.29 is 4.79 Å². The van der Waals surface area contributed by atoms with Crippen LogP contribution in [0.1, 0.15) is 34.2 Å². The first-order valence-corrected chi connectivity index (χ1v) is 6.56. The quantitative estimate of drug-likeness (QED) is 0.896. The minimum atomic E-state index is -0.0505. The summed E-state index contributed by atoms with van der Waals surface area (Å²) in [4.78, 5) is 12.2. The highest BCUT2D eigenvalue weighted by Gasteiger charge is 2.13. The molecule has 2 rings (SSSR count). The molecule has 1 amide bonds. The molecule has 0 radical (unpaired) electrons. The summed E-state index contributed by atoms with van der Waals surface area (Å²) in [5, 5.41) is 2.94. The Kier molecular flexibility index (Phi) is 3.74. The van der Waals surface area contributed by atoms with Crippen molar-refractivity contribution in [3.05, 3.63) is 52.8 Å². The number of aromatic nitrogens is 1. The lowest BCUT2D eigenvalue weighted by Crippen LogP contribution is -2.12. The topological polar surface area (TPSA) is 34.0 Å². The van der Waals surface area contributed by atoms with E-state index in [9.17, 15) is 4.79 Å². The van der Waals surface area contributed by atoms with Crippen LogP contribution in [-0.4, -0.2) is 10.5 Å². The second-order valence-electron chi connectivity index (χ2n) is 4.85. The van der Waals surface area contributed by atoms with Crippen molar-refractivity contribution in [2.45, 2.75) is 27.2 Å². The molecule has 0 saturated heterocycles. The molecular formula is C16H20N2O. The van der Waals surface area contributed by atoms with Gasteiger partial charge in [0.1, 0.15) is 0 Å². The van der Waals surface area contributed by atoms with Gasteiger partial charge in [0.05, 0.1) is 5.56 Å². The Hall–Kier alpha value is -2.03. The van der Waals surface area contributed by atoms with E-state index in [2.05, 4.69) is 12.2 Å². The number of nitrogens with zero attached hydrogens (tertiary/aromatic N) is 1. The average Bonchev–Trinajstić information content (AvgIpc) is 2.67. The SMILES string of the molecule is CCc1ccc(NC(=O)c2cc(C)n(C)c2C)cc1. The summed E-state index contributed by atoms with van der Waals surface area (Å²) in [6.45, 7) is 6.08. The summed E-state index contributed by atoms with van der Waals surface area (Å²) in [6.07, 6.45) is 1.01. The highest BCUT2D eigenvalue weighted by molar-refractivity contribution is 6.05. The molecule has 2 aromatic rings. The Bertz CT molecular complexity index is 594. The number of carbonyl (C=O) groups excluding carboxylic acids is 1. The number of rotatable bonds is 3. The molecule has 3 heteroatoms. The van der Waals surface area contributed by atoms with Gasteiger partial charge in [-0.25, -0.2) is 0 Å². The number of amides is 1. The van der Waals surface area contributed by atoms with Crippen molar-refractivity contribution in [1.29, 1.82) is 0 Å². The molecule has 0 saturated carbocycles. The molecule has 1 aromatic heterocycles. The van der Waals surface area contributed by atoms with E-state index in [0.717, 1.165) is 29.1 Å². The summed E-state index contributed by atoms with van der Waals surface area (Å²) in [7, 11) is 1.97. The molecule has 0 fully saturated rings. The van der Waals surface area contributed by atoms with Gasteiger partial charge in [-0.1, -0.05) is 19.1 Å². The highest BCUT2D eigenvalue weighted by Crippen LogP contribution is 2.16. The molecule has 0 unspecified atom stereocenters. The molecule has 100 valence electrons. The van der Waals surface area contributed by atoms with Crippen LogP contribution in [0.2, 0.25) is 0 Å². The molecule has 1 heterocycles. The molecule has 1 N–H and O–H groups in total. The molecule has 0 aliphatic heterocycles. The molecule has 0 bridgehead atoms. The molecular weight excluding hydrogens is 236 g/mol. The number of nitrogens with one attached hydrogen (secondary N) is 1. The number of hydrogen-bond acceptors (Lipinski definition) is 1. The first-order valence-electron chi connectivity index (χ1n) is 6.56. The Morgan fingerprint density at radius 3 is 2.32 bits per heavy atom. The first kappa shape index (κ1) is 13.4. The monoisotopic (exact) mass is 256 g/mol. The average molecular weight is 256 g/mol. The zero-order valence-electron chi connectivity index (χ0n) is 11.9. The van der Waals surface area contributed by atoms with Crippen LogP contribution in [0.4, 0.5) is 5.69 Å². The van der Waals surface area contributed by atoms with Crippen LogP contribution in [0.5, 0.6) is 0 Å². The minimum absolute atomic E-state index is 0.0505. The second-order valence-corrected chi connectivity index (χ2v) is 4.85. The van der Waals surface area contributed by atoms with Gasteiger partial charge in [0.15, 0.2) is 0 Å². The van der Waals surface area contributed by atoms with Crippen molar-refractivity contribution in [3.63, 3.8) is 0 Å². The lowest BCUT2D eigenvalue weighted by atomic mass is 10.1. The molecule has 0 aliphatic carbocycles. The van der Waals surface area contributed by atoms with E-state index in [0.29, 0.717) is 0 Å². The van der Waals surface area contributed by atoms with Gasteiger partial charge >= 0.3 is 0 Å². The molecule has 0 aliphatic rings. The molecule has 0 spiro atoms. The maximum atomic E-state index is 12.2. The predicted octanol–water partition coefficient (Wildman–Crippen LogP) is 3.46. The smallest absolute Gasteiger partial charge is 0.257 e. The van der Waals surface area contributed by atoms with E-state index in [1.807, 2.05) is 55.8 Å². The Labute approximate surface area is 114 Å². The number of hydrogen-bond donors (Lipinski definition) is 1. The zero-order chi connectivity index (χ0) is 14.0. The normalized spacial score (nSPS) is 10.5. The van der Waals surface area contributed by atoms with Gasteiger partial charge in [-0.15, -0.1) is 0 Å². The third-order valence-electron chi connectivity index (χ3n) is 3.64. The van der Waals surface area contributed by atoms with Crippen LogP contribution >= 0.6 is 0 Å². The van der Waals surface area contributed by atoms with Crippen molar-refractivity contribution in [2.24, 2.45) is 7.05 Å². The standard InChI is InChI=1S/C16H20N2O/c1-5-13-6-8-14(9-7-13)17-16(19)15-10-11(2)18(4)12(15)3/h6-10H,5H2,1-4H3,(H,17,19). The van der Waals surface area contributed by atoms with Crippen LogP contribution in [0.25, 0.3) is 0 Å². The van der Waals surface area contributed by atoms with E-state index >= 15 is 0 Å². The summed E-state index contributed by atoms with van der Waals surface area (Å²) in [5.41, 5.74) is 4.91. The largest absolute Gasteiger partial charge is 0.351 e. The van der Waals surface area contributed by atoms with Gasteiger partial charge < -0.3 is 9.88 Å². The van der Waals surface area contributed by atoms with Crippen LogP contribution in [0, 0.1) is 13.8 Å². The van der Waals surface area contributed by atoms with Crippen molar-refractivity contribution in [1.82, 2.24) is 4.57 Å². The van der Waals surface area contributed by atoms with Gasteiger partial charge in [-0.05, 0) is 44.0 Å². The van der Waals surface area contributed by atoms with E-state index in [-0.39, 0.29) is 5.91 Å². The number of aryl methyl sites for hydroxylation is 2. The Balaban J connectivity index is 2.18. The maximum absolute atomic E-state index is 12.2. The fourth-order valence-corrected chi connectivity index (χ4v) is 2.11. The first-order chi connectivity index (χ1) is 9.02. The molecule has 3 nitrogen and oxygen atoms in total. The van der Waals surface area contributed by atoms with Gasteiger partial charge in [-0.3, -0.25) is 4.79 Å². The van der Waals surface area contributed by atoms with Crippen molar-refractivity contribution in [3.8, 4) is 0 Å². The van der Waals surface area contributed by atoms with E-state index in [1.54, 1.807) is 0 Å². The van der Waals surface area contributed by atoms with Gasteiger partial charge in [0, 0.05) is 24.1 Å². The summed E-state index contributed by atoms with van der Waals surface area (Å²) >= 11 is 0. The predicted molar refractivity (Wildman–Crippen MR) is 78.7 cm³/mol. The number of carbonyl (C=O) groups is 1. The van der Waals surface area contributed by atoms with E-state index in [1.165, 1.54) is 5.56 Å².